The van der Waals surface area contributed by atoms with Crippen molar-refractivity contribution in [3.8, 4) is 0 Å². The molecule has 18 heavy (non-hydrogen) atoms. The van der Waals surface area contributed by atoms with Gasteiger partial charge in [-0.2, -0.15) is 0 Å². The van der Waals surface area contributed by atoms with Crippen LogP contribution in [0.4, 0.5) is 0 Å². The first-order chi connectivity index (χ1) is 8.39. The molecule has 5 heteroatoms. The van der Waals surface area contributed by atoms with E-state index in [2.05, 4.69) is 10.1 Å². The van der Waals surface area contributed by atoms with Crippen molar-refractivity contribution in [2.45, 2.75) is 32.9 Å². The van der Waals surface area contributed by atoms with Crippen molar-refractivity contribution in [1.29, 1.82) is 0 Å². The summed E-state index contributed by atoms with van der Waals surface area (Å²) in [6.07, 6.45) is 0. The van der Waals surface area contributed by atoms with Gasteiger partial charge in [-0.1, -0.05) is 0 Å². The normalized spacial score (nSPS) is 11.6. The van der Waals surface area contributed by atoms with E-state index in [1.54, 1.807) is 20.1 Å². The van der Waals surface area contributed by atoms with E-state index in [0.717, 1.165) is 0 Å². The van der Waals surface area contributed by atoms with Crippen molar-refractivity contribution >= 4 is 5.97 Å². The molecular weight excluding hydrogens is 234 g/mol. The minimum atomic E-state index is -0.376. The number of esters is 1. The van der Waals surface area contributed by atoms with Crippen molar-refractivity contribution in [2.75, 3.05) is 20.8 Å². The fourth-order valence-electron chi connectivity index (χ4n) is 1.68. The molecule has 1 heterocycles. The molecule has 1 N–H and O–H groups in total. The fraction of sp³-hybridized carbons (Fsp3) is 0.615. The average molecular weight is 255 g/mol. The highest BCUT2D eigenvalue weighted by molar-refractivity contribution is 5.90. The van der Waals surface area contributed by atoms with Crippen molar-refractivity contribution in [3.63, 3.8) is 0 Å². The lowest BCUT2D eigenvalue weighted by Crippen LogP contribution is -2.42. The first-order valence-electron chi connectivity index (χ1n) is 5.81. The van der Waals surface area contributed by atoms with Crippen LogP contribution in [0.3, 0.4) is 0 Å². The number of rotatable bonds is 6. The molecular formula is C13H21NO4. The van der Waals surface area contributed by atoms with Crippen molar-refractivity contribution in [1.82, 2.24) is 5.32 Å². The third-order valence-corrected chi connectivity index (χ3v) is 2.62. The van der Waals surface area contributed by atoms with Crippen molar-refractivity contribution in [3.05, 3.63) is 23.2 Å². The van der Waals surface area contributed by atoms with Crippen LogP contribution in [0.1, 0.15) is 35.7 Å². The summed E-state index contributed by atoms with van der Waals surface area (Å²) >= 11 is 0. The van der Waals surface area contributed by atoms with Gasteiger partial charge in [0.1, 0.15) is 17.1 Å². The Morgan fingerprint density at radius 3 is 2.67 bits per heavy atom. The molecule has 5 nitrogen and oxygen atoms in total. The Labute approximate surface area is 107 Å². The van der Waals surface area contributed by atoms with Gasteiger partial charge < -0.3 is 19.2 Å². The van der Waals surface area contributed by atoms with Crippen molar-refractivity contribution in [2.24, 2.45) is 0 Å². The lowest BCUT2D eigenvalue weighted by atomic mass is 10.1. The number of hydrogen-bond acceptors (Lipinski definition) is 5. The van der Waals surface area contributed by atoms with Gasteiger partial charge in [0.25, 0.3) is 0 Å². The highest BCUT2D eigenvalue weighted by atomic mass is 16.5. The van der Waals surface area contributed by atoms with E-state index in [-0.39, 0.29) is 11.5 Å². The number of carbonyl (C=O) groups is 1. The zero-order valence-corrected chi connectivity index (χ0v) is 11.6. The lowest BCUT2D eigenvalue weighted by molar-refractivity contribution is 0.0599. The number of ether oxygens (including phenoxy) is 2. The van der Waals surface area contributed by atoms with Gasteiger partial charge in [-0.15, -0.1) is 0 Å². The highest BCUT2D eigenvalue weighted by Crippen LogP contribution is 2.16. The van der Waals surface area contributed by atoms with Crippen LogP contribution in [-0.2, 0) is 16.0 Å². The van der Waals surface area contributed by atoms with Gasteiger partial charge in [0.05, 0.1) is 20.3 Å². The Morgan fingerprint density at radius 1 is 1.44 bits per heavy atom. The van der Waals surface area contributed by atoms with Crippen LogP contribution in [0, 0.1) is 6.92 Å². The molecule has 0 fully saturated rings. The minimum Gasteiger partial charge on any atom is -0.465 e. The summed E-state index contributed by atoms with van der Waals surface area (Å²) in [5.41, 5.74) is 0.319. The molecule has 0 spiro atoms. The predicted octanol–water partition coefficient (Wildman–Crippen LogP) is 1.89. The third-order valence-electron chi connectivity index (χ3n) is 2.62. The molecule has 0 saturated carbocycles. The lowest BCUT2D eigenvalue weighted by Gasteiger charge is -2.24. The number of carbonyl (C=O) groups excluding carboxylic acids is 1. The Kier molecular flexibility index (Phi) is 4.93. The van der Waals surface area contributed by atoms with Crippen LogP contribution in [-0.4, -0.2) is 32.3 Å². The Balaban J connectivity index is 2.67. The first-order valence-corrected chi connectivity index (χ1v) is 5.81. The Bertz CT molecular complexity index is 409. The quantitative estimate of drug-likeness (QED) is 0.786. The van der Waals surface area contributed by atoms with Gasteiger partial charge in [0.15, 0.2) is 0 Å². The van der Waals surface area contributed by atoms with Crippen LogP contribution in [0.25, 0.3) is 0 Å². The Morgan fingerprint density at radius 2 is 2.11 bits per heavy atom. The Hall–Kier alpha value is -1.33. The predicted molar refractivity (Wildman–Crippen MR) is 67.6 cm³/mol. The summed E-state index contributed by atoms with van der Waals surface area (Å²) in [7, 11) is 3.02. The number of methoxy groups -OCH3 is 2. The largest absolute Gasteiger partial charge is 0.465 e. The number of nitrogens with one attached hydrogen (secondary N) is 1. The molecule has 0 aliphatic heterocycles. The zero-order valence-electron chi connectivity index (χ0n) is 11.6. The van der Waals surface area contributed by atoms with Crippen LogP contribution < -0.4 is 5.32 Å². The van der Waals surface area contributed by atoms with Crippen molar-refractivity contribution < 1.29 is 18.7 Å². The molecule has 0 bridgehead atoms. The van der Waals surface area contributed by atoms with E-state index < -0.39 is 0 Å². The maximum absolute atomic E-state index is 11.4. The highest BCUT2D eigenvalue weighted by Gasteiger charge is 2.19. The summed E-state index contributed by atoms with van der Waals surface area (Å²) in [5, 5.41) is 3.30. The molecule has 0 radical (unpaired) electrons. The number of aryl methyl sites for hydroxylation is 1. The van der Waals surface area contributed by atoms with Crippen LogP contribution in [0.15, 0.2) is 10.5 Å². The smallest absolute Gasteiger partial charge is 0.341 e. The van der Waals surface area contributed by atoms with Gasteiger partial charge in [0, 0.05) is 12.6 Å². The average Bonchev–Trinajstić information content (AvgIpc) is 2.67. The van der Waals surface area contributed by atoms with Gasteiger partial charge in [-0.3, -0.25) is 0 Å². The second-order valence-electron chi connectivity index (χ2n) is 4.84. The molecule has 1 aromatic heterocycles. The third kappa shape index (κ3) is 3.85. The van der Waals surface area contributed by atoms with E-state index in [1.165, 1.54) is 7.11 Å². The van der Waals surface area contributed by atoms with E-state index in [9.17, 15) is 4.79 Å². The molecule has 0 amide bonds. The van der Waals surface area contributed by atoms with Crippen LogP contribution in [0.5, 0.6) is 0 Å². The summed E-state index contributed by atoms with van der Waals surface area (Å²) in [6, 6.07) is 1.71. The second kappa shape index (κ2) is 6.02. The monoisotopic (exact) mass is 255 g/mol. The first kappa shape index (κ1) is 14.7. The van der Waals surface area contributed by atoms with E-state index in [4.69, 9.17) is 9.15 Å². The molecule has 0 aromatic carbocycles. The van der Waals surface area contributed by atoms with Gasteiger partial charge in [0.2, 0.25) is 0 Å². The van der Waals surface area contributed by atoms with Gasteiger partial charge in [-0.05, 0) is 26.8 Å². The van der Waals surface area contributed by atoms with Crippen LogP contribution >= 0.6 is 0 Å². The second-order valence-corrected chi connectivity index (χ2v) is 4.84. The number of hydrogen-bond donors (Lipinski definition) is 1. The SMILES string of the molecule is COCC(C)(C)NCc1cc(C(=O)OC)c(C)o1. The summed E-state index contributed by atoms with van der Waals surface area (Å²) in [5.74, 6) is 0.902. The van der Waals surface area contributed by atoms with E-state index in [1.807, 2.05) is 13.8 Å². The summed E-state index contributed by atoms with van der Waals surface area (Å²) < 4.78 is 15.3. The van der Waals surface area contributed by atoms with E-state index in [0.29, 0.717) is 30.2 Å². The molecule has 0 atom stereocenters. The molecule has 0 aliphatic carbocycles. The molecule has 0 aliphatic rings. The van der Waals surface area contributed by atoms with Gasteiger partial charge in [-0.25, -0.2) is 4.79 Å². The fourth-order valence-corrected chi connectivity index (χ4v) is 1.68. The molecule has 0 saturated heterocycles. The maximum atomic E-state index is 11.4. The maximum Gasteiger partial charge on any atom is 0.341 e. The van der Waals surface area contributed by atoms with Gasteiger partial charge >= 0.3 is 5.97 Å². The standard InChI is InChI=1S/C13H21NO4/c1-9-11(12(15)17-5)6-10(18-9)7-14-13(2,3)8-16-4/h6,14H,7-8H2,1-5H3. The van der Waals surface area contributed by atoms with Crippen LogP contribution in [0.2, 0.25) is 0 Å². The zero-order chi connectivity index (χ0) is 13.8. The topological polar surface area (TPSA) is 60.7 Å². The number of furan rings is 1. The molecule has 1 aromatic rings. The van der Waals surface area contributed by atoms with E-state index >= 15 is 0 Å². The molecule has 1 rings (SSSR count). The molecule has 0 unspecified atom stereocenters. The summed E-state index contributed by atoms with van der Waals surface area (Å²) in [6.45, 7) is 6.95. The minimum absolute atomic E-state index is 0.152. The summed E-state index contributed by atoms with van der Waals surface area (Å²) in [4.78, 5) is 11.4. The molecule has 102 valence electrons.